The molecule has 1 aliphatic carbocycles. The number of methoxy groups -OCH3 is 1. The van der Waals surface area contributed by atoms with Crippen molar-refractivity contribution in [2.75, 3.05) is 14.2 Å². The van der Waals surface area contributed by atoms with E-state index in [9.17, 15) is 0 Å². The van der Waals surface area contributed by atoms with Gasteiger partial charge in [-0.2, -0.15) is 0 Å². The lowest BCUT2D eigenvalue weighted by molar-refractivity contribution is 0.00142. The first-order valence-corrected chi connectivity index (χ1v) is 6.81. The summed E-state index contributed by atoms with van der Waals surface area (Å²) in [4.78, 5) is 0. The van der Waals surface area contributed by atoms with Crippen LogP contribution in [0.3, 0.4) is 0 Å². The molecule has 0 aromatic heterocycles. The van der Waals surface area contributed by atoms with E-state index >= 15 is 0 Å². The van der Waals surface area contributed by atoms with Crippen LogP contribution in [-0.4, -0.2) is 25.8 Å². The second-order valence-electron chi connectivity index (χ2n) is 5.81. The molecular weight excluding hydrogens is 198 g/mol. The van der Waals surface area contributed by atoms with Gasteiger partial charge in [-0.3, -0.25) is 0 Å². The minimum Gasteiger partial charge on any atom is -0.379 e. The van der Waals surface area contributed by atoms with Crippen molar-refractivity contribution in [3.05, 3.63) is 0 Å². The molecule has 0 radical (unpaired) electrons. The van der Waals surface area contributed by atoms with E-state index in [1.165, 1.54) is 38.5 Å². The Kier molecular flexibility index (Phi) is 5.77. The van der Waals surface area contributed by atoms with Crippen LogP contribution in [-0.2, 0) is 4.74 Å². The van der Waals surface area contributed by atoms with Crippen molar-refractivity contribution in [1.82, 2.24) is 5.32 Å². The average molecular weight is 227 g/mol. The predicted octanol–water partition coefficient (Wildman–Crippen LogP) is 3.36. The molecule has 1 unspecified atom stereocenters. The summed E-state index contributed by atoms with van der Waals surface area (Å²) in [5, 5.41) is 3.51. The fourth-order valence-electron chi connectivity index (χ4n) is 2.83. The Morgan fingerprint density at radius 1 is 1.19 bits per heavy atom. The molecule has 16 heavy (non-hydrogen) atoms. The van der Waals surface area contributed by atoms with Gasteiger partial charge in [-0.15, -0.1) is 0 Å². The summed E-state index contributed by atoms with van der Waals surface area (Å²) in [5.41, 5.74) is -0.0000189. The van der Waals surface area contributed by atoms with Gasteiger partial charge in [0.15, 0.2) is 0 Å². The van der Waals surface area contributed by atoms with Gasteiger partial charge in [0, 0.05) is 13.2 Å². The zero-order valence-electron chi connectivity index (χ0n) is 11.5. The van der Waals surface area contributed by atoms with Crippen LogP contribution in [0.2, 0.25) is 0 Å². The van der Waals surface area contributed by atoms with Crippen LogP contribution in [0.25, 0.3) is 0 Å². The van der Waals surface area contributed by atoms with Gasteiger partial charge in [-0.1, -0.05) is 25.7 Å². The molecule has 0 aromatic rings. The summed E-state index contributed by atoms with van der Waals surface area (Å²) >= 11 is 0. The second kappa shape index (κ2) is 6.61. The molecule has 0 aromatic carbocycles. The number of nitrogens with one attached hydrogen (secondary N) is 1. The van der Waals surface area contributed by atoms with Crippen molar-refractivity contribution in [2.45, 2.75) is 70.4 Å². The van der Waals surface area contributed by atoms with Gasteiger partial charge in [0.05, 0.1) is 5.60 Å². The Morgan fingerprint density at radius 2 is 1.75 bits per heavy atom. The smallest absolute Gasteiger partial charge is 0.0637 e. The van der Waals surface area contributed by atoms with E-state index in [4.69, 9.17) is 4.74 Å². The average Bonchev–Trinajstić information content (AvgIpc) is 2.54. The molecule has 0 amide bonds. The van der Waals surface area contributed by atoms with E-state index in [0.717, 1.165) is 12.3 Å². The zero-order valence-corrected chi connectivity index (χ0v) is 11.5. The van der Waals surface area contributed by atoms with Crippen LogP contribution in [0.15, 0.2) is 0 Å². The van der Waals surface area contributed by atoms with Gasteiger partial charge in [0.2, 0.25) is 0 Å². The first kappa shape index (κ1) is 14.0. The Hall–Kier alpha value is -0.0800. The summed E-state index contributed by atoms with van der Waals surface area (Å²) in [6.07, 6.45) is 9.59. The molecular formula is C14H29NO. The van der Waals surface area contributed by atoms with Crippen LogP contribution in [0.5, 0.6) is 0 Å². The highest BCUT2D eigenvalue weighted by Gasteiger charge is 2.28. The fraction of sp³-hybridized carbons (Fsp3) is 1.00. The summed E-state index contributed by atoms with van der Waals surface area (Å²) in [7, 11) is 3.92. The largest absolute Gasteiger partial charge is 0.379 e. The van der Waals surface area contributed by atoms with Gasteiger partial charge in [-0.05, 0) is 46.1 Å². The monoisotopic (exact) mass is 227 g/mol. The molecule has 0 spiro atoms. The summed E-state index contributed by atoms with van der Waals surface area (Å²) in [6, 6.07) is 0.619. The topological polar surface area (TPSA) is 21.3 Å². The van der Waals surface area contributed by atoms with Gasteiger partial charge in [0.1, 0.15) is 0 Å². The molecule has 1 saturated carbocycles. The van der Waals surface area contributed by atoms with Crippen molar-refractivity contribution in [1.29, 1.82) is 0 Å². The summed E-state index contributed by atoms with van der Waals surface area (Å²) in [5.74, 6) is 0.849. The molecule has 1 N–H and O–H groups in total. The van der Waals surface area contributed by atoms with Crippen LogP contribution in [0.1, 0.15) is 58.8 Å². The highest BCUT2D eigenvalue weighted by Crippen LogP contribution is 2.29. The molecule has 96 valence electrons. The van der Waals surface area contributed by atoms with E-state index < -0.39 is 0 Å². The first-order valence-electron chi connectivity index (χ1n) is 6.81. The molecule has 1 rings (SSSR count). The molecule has 0 saturated heterocycles. The third kappa shape index (κ3) is 4.42. The predicted molar refractivity (Wildman–Crippen MR) is 69.7 cm³/mol. The quantitative estimate of drug-likeness (QED) is 0.727. The maximum atomic E-state index is 5.55. The summed E-state index contributed by atoms with van der Waals surface area (Å²) in [6.45, 7) is 4.38. The van der Waals surface area contributed by atoms with E-state index in [2.05, 4.69) is 26.2 Å². The Balaban J connectivity index is 2.51. The second-order valence-corrected chi connectivity index (χ2v) is 5.81. The van der Waals surface area contributed by atoms with Gasteiger partial charge >= 0.3 is 0 Å². The highest BCUT2D eigenvalue weighted by atomic mass is 16.5. The zero-order chi connectivity index (χ0) is 12.0. The van der Waals surface area contributed by atoms with Crippen LogP contribution in [0, 0.1) is 5.92 Å². The number of ether oxygens (including phenoxy) is 1. The molecule has 1 fully saturated rings. The van der Waals surface area contributed by atoms with Crippen molar-refractivity contribution in [3.8, 4) is 0 Å². The Bertz CT molecular complexity index is 183. The van der Waals surface area contributed by atoms with E-state index in [1.54, 1.807) is 0 Å². The number of hydrogen-bond acceptors (Lipinski definition) is 2. The lowest BCUT2D eigenvalue weighted by Gasteiger charge is -2.33. The standard InChI is InChI=1S/C14H29NO/c1-14(2,16-4)11-13(15-3)12-9-7-5-6-8-10-12/h12-13,15H,5-11H2,1-4H3. The molecule has 2 heteroatoms. The normalized spacial score (nSPS) is 21.8. The molecule has 1 atom stereocenters. The van der Waals surface area contributed by atoms with Crippen molar-refractivity contribution in [3.63, 3.8) is 0 Å². The first-order chi connectivity index (χ1) is 7.59. The van der Waals surface area contributed by atoms with Crippen LogP contribution < -0.4 is 5.32 Å². The van der Waals surface area contributed by atoms with E-state index in [-0.39, 0.29) is 5.60 Å². The van der Waals surface area contributed by atoms with Crippen molar-refractivity contribution in [2.24, 2.45) is 5.92 Å². The lowest BCUT2D eigenvalue weighted by atomic mass is 9.85. The summed E-state index contributed by atoms with van der Waals surface area (Å²) < 4.78 is 5.55. The van der Waals surface area contributed by atoms with Crippen molar-refractivity contribution < 1.29 is 4.74 Å². The minimum atomic E-state index is -0.0000189. The Labute approximate surface area is 101 Å². The SMILES string of the molecule is CNC(CC(C)(C)OC)C1CCCCCC1. The molecule has 1 aliphatic rings. The molecule has 0 heterocycles. The third-order valence-corrected chi connectivity index (χ3v) is 4.10. The maximum absolute atomic E-state index is 5.55. The number of hydrogen-bond donors (Lipinski definition) is 1. The number of rotatable bonds is 5. The van der Waals surface area contributed by atoms with Gasteiger partial charge < -0.3 is 10.1 Å². The van der Waals surface area contributed by atoms with E-state index in [1.807, 2.05) is 7.11 Å². The van der Waals surface area contributed by atoms with Crippen molar-refractivity contribution >= 4 is 0 Å². The van der Waals surface area contributed by atoms with Crippen LogP contribution in [0.4, 0.5) is 0 Å². The van der Waals surface area contributed by atoms with Gasteiger partial charge in [0.25, 0.3) is 0 Å². The molecule has 0 bridgehead atoms. The van der Waals surface area contributed by atoms with Gasteiger partial charge in [-0.25, -0.2) is 0 Å². The Morgan fingerprint density at radius 3 is 2.19 bits per heavy atom. The minimum absolute atomic E-state index is 0.0000189. The van der Waals surface area contributed by atoms with Crippen LogP contribution >= 0.6 is 0 Å². The van der Waals surface area contributed by atoms with E-state index in [0.29, 0.717) is 6.04 Å². The molecule has 0 aliphatic heterocycles. The molecule has 2 nitrogen and oxygen atoms in total. The highest BCUT2D eigenvalue weighted by molar-refractivity contribution is 4.83. The third-order valence-electron chi connectivity index (χ3n) is 4.10. The maximum Gasteiger partial charge on any atom is 0.0637 e. The fourth-order valence-corrected chi connectivity index (χ4v) is 2.83. The lowest BCUT2D eigenvalue weighted by Crippen LogP contribution is -2.40.